The molecule has 0 saturated carbocycles. The van der Waals surface area contributed by atoms with Gasteiger partial charge in [0.1, 0.15) is 0 Å². The zero-order valence-corrected chi connectivity index (χ0v) is 9.73. The van der Waals surface area contributed by atoms with Crippen LogP contribution < -0.4 is 0 Å². The van der Waals surface area contributed by atoms with Crippen molar-refractivity contribution >= 4 is 23.4 Å². The summed E-state index contributed by atoms with van der Waals surface area (Å²) in [6.07, 6.45) is 5.15. The highest BCUT2D eigenvalue weighted by Gasteiger charge is 2.04. The molecule has 14 heavy (non-hydrogen) atoms. The lowest BCUT2D eigenvalue weighted by Crippen LogP contribution is -1.91. The average Bonchev–Trinajstić information content (AvgIpc) is 2.20. The molecule has 1 aromatic carbocycles. The Bertz CT molecular complexity index is 258. The van der Waals surface area contributed by atoms with Crippen LogP contribution in [0.5, 0.6) is 0 Å². The summed E-state index contributed by atoms with van der Waals surface area (Å²) < 4.78 is 0.178. The molecule has 1 rings (SSSR count). The lowest BCUT2D eigenvalue weighted by atomic mass is 10.2. The van der Waals surface area contributed by atoms with E-state index in [4.69, 9.17) is 11.6 Å². The Balaban J connectivity index is 2.26. The molecule has 0 saturated heterocycles. The molecule has 0 nitrogen and oxygen atoms in total. The van der Waals surface area contributed by atoms with Crippen molar-refractivity contribution in [3.05, 3.63) is 43.0 Å². The molecule has 0 fully saturated rings. The van der Waals surface area contributed by atoms with Crippen LogP contribution in [0.25, 0.3) is 0 Å². The third kappa shape index (κ3) is 4.73. The van der Waals surface area contributed by atoms with Gasteiger partial charge in [0.05, 0.1) is 4.71 Å². The molecule has 0 heterocycles. The van der Waals surface area contributed by atoms with E-state index in [1.165, 1.54) is 4.90 Å². The van der Waals surface area contributed by atoms with Crippen LogP contribution in [0, 0.1) is 0 Å². The van der Waals surface area contributed by atoms with Crippen LogP contribution in [-0.4, -0.2) is 4.71 Å². The molecule has 0 amide bonds. The standard InChI is InChI=1S/C12H15ClS/c1-2-3-5-10-12(13)14-11-8-6-4-7-9-11/h2,4,6-9,12H,1,3,5,10H2. The first-order valence-corrected chi connectivity index (χ1v) is 6.11. The smallest absolute Gasteiger partial charge is 0.0836 e. The monoisotopic (exact) mass is 226 g/mol. The summed E-state index contributed by atoms with van der Waals surface area (Å²) in [7, 11) is 0. The molecule has 1 atom stereocenters. The second kappa shape index (κ2) is 6.97. The van der Waals surface area contributed by atoms with Gasteiger partial charge in [-0.25, -0.2) is 0 Å². The van der Waals surface area contributed by atoms with E-state index in [1.54, 1.807) is 11.8 Å². The van der Waals surface area contributed by atoms with Gasteiger partial charge in [0, 0.05) is 4.90 Å². The molecule has 0 aliphatic rings. The third-order valence-corrected chi connectivity index (χ3v) is 3.37. The fourth-order valence-electron chi connectivity index (χ4n) is 1.13. The van der Waals surface area contributed by atoms with Crippen molar-refractivity contribution in [2.24, 2.45) is 0 Å². The normalized spacial score (nSPS) is 12.4. The molecule has 0 aliphatic carbocycles. The van der Waals surface area contributed by atoms with Crippen LogP contribution in [0.2, 0.25) is 0 Å². The van der Waals surface area contributed by atoms with E-state index in [2.05, 4.69) is 18.7 Å². The SMILES string of the molecule is C=CCCCC(Cl)Sc1ccccc1. The van der Waals surface area contributed by atoms with E-state index in [0.717, 1.165) is 19.3 Å². The number of allylic oxidation sites excluding steroid dienone is 1. The van der Waals surface area contributed by atoms with Crippen molar-refractivity contribution < 1.29 is 0 Å². The molecule has 0 aromatic heterocycles. The third-order valence-electron chi connectivity index (χ3n) is 1.85. The Morgan fingerprint density at radius 1 is 1.36 bits per heavy atom. The van der Waals surface area contributed by atoms with E-state index in [0.29, 0.717) is 0 Å². The molecule has 0 spiro atoms. The van der Waals surface area contributed by atoms with Crippen molar-refractivity contribution in [1.29, 1.82) is 0 Å². The number of hydrogen-bond acceptors (Lipinski definition) is 1. The van der Waals surface area contributed by atoms with Crippen LogP contribution in [0.4, 0.5) is 0 Å². The summed E-state index contributed by atoms with van der Waals surface area (Å²) in [5.41, 5.74) is 0. The summed E-state index contributed by atoms with van der Waals surface area (Å²) in [6, 6.07) is 10.3. The van der Waals surface area contributed by atoms with Crippen LogP contribution >= 0.6 is 23.4 Å². The van der Waals surface area contributed by atoms with Gasteiger partial charge in [0.15, 0.2) is 0 Å². The zero-order valence-electron chi connectivity index (χ0n) is 8.16. The second-order valence-electron chi connectivity index (χ2n) is 3.06. The lowest BCUT2D eigenvalue weighted by Gasteiger charge is -2.07. The Hall–Kier alpha value is -0.400. The highest BCUT2D eigenvalue weighted by molar-refractivity contribution is 8.01. The van der Waals surface area contributed by atoms with Gasteiger partial charge in [0.2, 0.25) is 0 Å². The molecule has 1 aromatic rings. The van der Waals surface area contributed by atoms with E-state index >= 15 is 0 Å². The second-order valence-corrected chi connectivity index (χ2v) is 5.12. The Morgan fingerprint density at radius 3 is 2.71 bits per heavy atom. The minimum atomic E-state index is 0.178. The maximum atomic E-state index is 6.18. The Labute approximate surface area is 95.4 Å². The molecule has 0 bridgehead atoms. The number of alkyl halides is 1. The van der Waals surface area contributed by atoms with E-state index in [-0.39, 0.29) is 4.71 Å². The summed E-state index contributed by atoms with van der Waals surface area (Å²) in [5, 5.41) is 0. The Morgan fingerprint density at radius 2 is 2.07 bits per heavy atom. The van der Waals surface area contributed by atoms with Gasteiger partial charge in [-0.05, 0) is 31.4 Å². The van der Waals surface area contributed by atoms with Gasteiger partial charge in [-0.2, -0.15) is 0 Å². The van der Waals surface area contributed by atoms with Gasteiger partial charge in [-0.15, -0.1) is 29.9 Å². The Kier molecular flexibility index (Phi) is 5.81. The van der Waals surface area contributed by atoms with Crippen molar-refractivity contribution in [1.82, 2.24) is 0 Å². The molecule has 0 radical (unpaired) electrons. The van der Waals surface area contributed by atoms with Gasteiger partial charge in [-0.3, -0.25) is 0 Å². The summed E-state index contributed by atoms with van der Waals surface area (Å²) in [4.78, 5) is 1.24. The molecular weight excluding hydrogens is 212 g/mol. The van der Waals surface area contributed by atoms with Crippen molar-refractivity contribution in [2.45, 2.75) is 28.9 Å². The molecule has 1 unspecified atom stereocenters. The fraction of sp³-hybridized carbons (Fsp3) is 0.333. The lowest BCUT2D eigenvalue weighted by molar-refractivity contribution is 0.800. The first kappa shape index (κ1) is 11.7. The summed E-state index contributed by atoms with van der Waals surface area (Å²) in [6.45, 7) is 3.69. The van der Waals surface area contributed by atoms with Crippen LogP contribution in [0.15, 0.2) is 47.9 Å². The molecule has 0 aliphatic heterocycles. The molecular formula is C12H15ClS. The summed E-state index contributed by atoms with van der Waals surface area (Å²) in [5.74, 6) is 0. The maximum Gasteiger partial charge on any atom is 0.0836 e. The number of benzene rings is 1. The molecule has 2 heteroatoms. The number of halogens is 1. The topological polar surface area (TPSA) is 0 Å². The van der Waals surface area contributed by atoms with Crippen LogP contribution in [0.3, 0.4) is 0 Å². The predicted octanol–water partition coefficient (Wildman–Crippen LogP) is 4.70. The predicted molar refractivity (Wildman–Crippen MR) is 66.0 cm³/mol. The number of thioether (sulfide) groups is 1. The minimum absolute atomic E-state index is 0.178. The minimum Gasteiger partial charge on any atom is -0.111 e. The fourth-order valence-corrected chi connectivity index (χ4v) is 2.49. The van der Waals surface area contributed by atoms with Crippen molar-refractivity contribution in [3.63, 3.8) is 0 Å². The number of rotatable bonds is 6. The van der Waals surface area contributed by atoms with E-state index in [9.17, 15) is 0 Å². The van der Waals surface area contributed by atoms with E-state index < -0.39 is 0 Å². The highest BCUT2D eigenvalue weighted by atomic mass is 35.5. The quantitative estimate of drug-likeness (QED) is 0.293. The van der Waals surface area contributed by atoms with Gasteiger partial charge >= 0.3 is 0 Å². The van der Waals surface area contributed by atoms with Crippen molar-refractivity contribution in [3.8, 4) is 0 Å². The van der Waals surface area contributed by atoms with E-state index in [1.807, 2.05) is 24.3 Å². The average molecular weight is 227 g/mol. The maximum absolute atomic E-state index is 6.18. The van der Waals surface area contributed by atoms with Gasteiger partial charge < -0.3 is 0 Å². The van der Waals surface area contributed by atoms with Crippen molar-refractivity contribution in [2.75, 3.05) is 0 Å². The summed E-state index contributed by atoms with van der Waals surface area (Å²) >= 11 is 7.90. The van der Waals surface area contributed by atoms with Gasteiger partial charge in [-0.1, -0.05) is 24.3 Å². The first-order chi connectivity index (χ1) is 6.83. The first-order valence-electron chi connectivity index (χ1n) is 4.79. The highest BCUT2D eigenvalue weighted by Crippen LogP contribution is 2.28. The number of hydrogen-bond donors (Lipinski definition) is 0. The van der Waals surface area contributed by atoms with Crippen LogP contribution in [-0.2, 0) is 0 Å². The van der Waals surface area contributed by atoms with Crippen LogP contribution in [0.1, 0.15) is 19.3 Å². The largest absolute Gasteiger partial charge is 0.111 e. The number of unbranched alkanes of at least 4 members (excludes halogenated alkanes) is 1. The van der Waals surface area contributed by atoms with Gasteiger partial charge in [0.25, 0.3) is 0 Å². The molecule has 0 N–H and O–H groups in total. The zero-order chi connectivity index (χ0) is 10.2. The molecule has 76 valence electrons.